The SMILES string of the molecule is CC(C(=O)N1CCc2nc(N)sc2C1)n1cnc2ccccc21. The number of nitrogen functional groups attached to an aromatic ring is 1. The number of anilines is 1. The molecule has 0 saturated carbocycles. The zero-order valence-electron chi connectivity index (χ0n) is 12.8. The standard InChI is InChI=1S/C16H17N5OS/c1-10(21-9-18-11-4-2-3-5-13(11)21)15(22)20-7-6-12-14(8-20)23-16(17)19-12/h2-5,9-10H,6-8H2,1H3,(H2,17,19). The van der Waals surface area contributed by atoms with E-state index in [9.17, 15) is 4.79 Å². The number of thiazole rings is 1. The van der Waals surface area contributed by atoms with Crippen molar-refractivity contribution in [1.82, 2.24) is 19.4 Å². The van der Waals surface area contributed by atoms with Crippen LogP contribution < -0.4 is 5.73 Å². The molecule has 1 amide bonds. The van der Waals surface area contributed by atoms with Gasteiger partial charge in [0.05, 0.1) is 29.6 Å². The van der Waals surface area contributed by atoms with Crippen LogP contribution in [0.15, 0.2) is 30.6 Å². The lowest BCUT2D eigenvalue weighted by Crippen LogP contribution is -2.39. The Labute approximate surface area is 137 Å². The number of benzene rings is 1. The molecule has 1 aliphatic heterocycles. The van der Waals surface area contributed by atoms with Crippen LogP contribution in [0, 0.1) is 0 Å². The molecule has 0 spiro atoms. The second-order valence-corrected chi connectivity index (χ2v) is 6.86. The summed E-state index contributed by atoms with van der Waals surface area (Å²) in [6, 6.07) is 7.58. The molecule has 0 fully saturated rings. The van der Waals surface area contributed by atoms with Crippen molar-refractivity contribution in [2.75, 3.05) is 12.3 Å². The summed E-state index contributed by atoms with van der Waals surface area (Å²) in [5.74, 6) is 0.103. The number of nitrogens with two attached hydrogens (primary N) is 1. The number of carbonyl (C=O) groups is 1. The molecule has 0 saturated heterocycles. The third-order valence-corrected chi connectivity index (χ3v) is 5.23. The highest BCUT2D eigenvalue weighted by atomic mass is 32.1. The first-order valence-electron chi connectivity index (χ1n) is 7.58. The molecular weight excluding hydrogens is 310 g/mol. The molecule has 2 N–H and O–H groups in total. The number of para-hydroxylation sites is 2. The normalized spacial score (nSPS) is 15.6. The number of carbonyl (C=O) groups excluding carboxylic acids is 1. The third kappa shape index (κ3) is 2.37. The van der Waals surface area contributed by atoms with E-state index in [0.717, 1.165) is 28.0 Å². The maximum Gasteiger partial charge on any atom is 0.245 e. The highest BCUT2D eigenvalue weighted by molar-refractivity contribution is 7.15. The van der Waals surface area contributed by atoms with E-state index >= 15 is 0 Å². The molecule has 1 atom stereocenters. The van der Waals surface area contributed by atoms with Crippen LogP contribution in [-0.4, -0.2) is 31.9 Å². The summed E-state index contributed by atoms with van der Waals surface area (Å²) >= 11 is 1.48. The van der Waals surface area contributed by atoms with Crippen LogP contribution in [0.1, 0.15) is 23.5 Å². The maximum atomic E-state index is 12.9. The van der Waals surface area contributed by atoms with Crippen LogP contribution in [0.5, 0.6) is 0 Å². The van der Waals surface area contributed by atoms with Gasteiger partial charge in [-0.15, -0.1) is 11.3 Å². The molecule has 2 aromatic heterocycles. The van der Waals surface area contributed by atoms with E-state index in [-0.39, 0.29) is 11.9 Å². The monoisotopic (exact) mass is 327 g/mol. The average molecular weight is 327 g/mol. The minimum Gasteiger partial charge on any atom is -0.375 e. The molecule has 0 bridgehead atoms. The molecule has 3 aromatic rings. The number of fused-ring (bicyclic) bond motifs is 2. The second-order valence-electron chi connectivity index (χ2n) is 5.75. The predicted octanol–water partition coefficient (Wildman–Crippen LogP) is 2.22. The van der Waals surface area contributed by atoms with Crippen molar-refractivity contribution in [3.05, 3.63) is 41.2 Å². The van der Waals surface area contributed by atoms with Gasteiger partial charge in [0.15, 0.2) is 5.13 Å². The highest BCUT2D eigenvalue weighted by Crippen LogP contribution is 2.28. The van der Waals surface area contributed by atoms with E-state index in [2.05, 4.69) is 9.97 Å². The van der Waals surface area contributed by atoms with Crippen molar-refractivity contribution in [2.45, 2.75) is 25.9 Å². The van der Waals surface area contributed by atoms with Crippen LogP contribution in [0.25, 0.3) is 11.0 Å². The van der Waals surface area contributed by atoms with Crippen molar-refractivity contribution in [3.8, 4) is 0 Å². The Hall–Kier alpha value is -2.41. The molecule has 7 heteroatoms. The molecule has 3 heterocycles. The first-order chi connectivity index (χ1) is 11.1. The van der Waals surface area contributed by atoms with Crippen molar-refractivity contribution in [2.24, 2.45) is 0 Å². The Kier molecular flexibility index (Phi) is 3.30. The first-order valence-corrected chi connectivity index (χ1v) is 8.39. The molecule has 0 aliphatic carbocycles. The topological polar surface area (TPSA) is 77.0 Å². The molecule has 118 valence electrons. The number of nitrogens with zero attached hydrogens (tertiary/aromatic N) is 4. The lowest BCUT2D eigenvalue weighted by Gasteiger charge is -2.29. The molecule has 0 radical (unpaired) electrons. The summed E-state index contributed by atoms with van der Waals surface area (Å²) in [6.07, 6.45) is 2.51. The number of rotatable bonds is 2. The number of aromatic nitrogens is 3. The lowest BCUT2D eigenvalue weighted by molar-refractivity contribution is -0.135. The molecule has 6 nitrogen and oxygen atoms in total. The number of hydrogen-bond acceptors (Lipinski definition) is 5. The fourth-order valence-electron chi connectivity index (χ4n) is 3.07. The van der Waals surface area contributed by atoms with Gasteiger partial charge in [-0.1, -0.05) is 12.1 Å². The van der Waals surface area contributed by atoms with Gasteiger partial charge in [0, 0.05) is 17.8 Å². The van der Waals surface area contributed by atoms with Gasteiger partial charge in [0.2, 0.25) is 5.91 Å². The molecule has 1 unspecified atom stereocenters. The van der Waals surface area contributed by atoms with Crippen molar-refractivity contribution in [1.29, 1.82) is 0 Å². The summed E-state index contributed by atoms with van der Waals surface area (Å²) in [5, 5.41) is 0.581. The Balaban J connectivity index is 1.59. The lowest BCUT2D eigenvalue weighted by atomic mass is 10.1. The van der Waals surface area contributed by atoms with E-state index in [1.807, 2.05) is 40.7 Å². The van der Waals surface area contributed by atoms with Gasteiger partial charge >= 0.3 is 0 Å². The van der Waals surface area contributed by atoms with Crippen LogP contribution in [0.3, 0.4) is 0 Å². The molecule has 1 aromatic carbocycles. The zero-order chi connectivity index (χ0) is 16.0. The largest absolute Gasteiger partial charge is 0.375 e. The van der Waals surface area contributed by atoms with Crippen LogP contribution in [0.2, 0.25) is 0 Å². The Bertz CT molecular complexity index is 884. The minimum absolute atomic E-state index is 0.103. The van der Waals surface area contributed by atoms with Gasteiger partial charge in [-0.2, -0.15) is 0 Å². The Morgan fingerprint density at radius 2 is 2.22 bits per heavy atom. The first kappa shape index (κ1) is 14.2. The van der Waals surface area contributed by atoms with Gasteiger partial charge < -0.3 is 15.2 Å². The minimum atomic E-state index is -0.283. The summed E-state index contributed by atoms with van der Waals surface area (Å²) in [6.45, 7) is 3.21. The quantitative estimate of drug-likeness (QED) is 0.783. The fourth-order valence-corrected chi connectivity index (χ4v) is 3.97. The van der Waals surface area contributed by atoms with E-state index in [1.165, 1.54) is 11.3 Å². The molecular formula is C16H17N5OS. The van der Waals surface area contributed by atoms with Gasteiger partial charge in [-0.05, 0) is 19.1 Å². The number of hydrogen-bond donors (Lipinski definition) is 1. The summed E-state index contributed by atoms with van der Waals surface area (Å²) in [7, 11) is 0. The van der Waals surface area contributed by atoms with E-state index in [0.29, 0.717) is 18.2 Å². The highest BCUT2D eigenvalue weighted by Gasteiger charge is 2.28. The van der Waals surface area contributed by atoms with Crippen LogP contribution >= 0.6 is 11.3 Å². The molecule has 1 aliphatic rings. The smallest absolute Gasteiger partial charge is 0.245 e. The van der Waals surface area contributed by atoms with Gasteiger partial charge in [-0.3, -0.25) is 4.79 Å². The summed E-state index contributed by atoms with van der Waals surface area (Å²) in [5.41, 5.74) is 8.70. The number of amides is 1. The van der Waals surface area contributed by atoms with Crippen molar-refractivity contribution >= 4 is 33.4 Å². The van der Waals surface area contributed by atoms with Crippen LogP contribution in [0.4, 0.5) is 5.13 Å². The second kappa shape index (κ2) is 5.34. The van der Waals surface area contributed by atoms with E-state index in [1.54, 1.807) is 6.33 Å². The molecule has 4 rings (SSSR count). The fraction of sp³-hybridized carbons (Fsp3) is 0.312. The van der Waals surface area contributed by atoms with Crippen LogP contribution in [-0.2, 0) is 17.8 Å². The van der Waals surface area contributed by atoms with Gasteiger partial charge in [0.25, 0.3) is 0 Å². The van der Waals surface area contributed by atoms with Crippen molar-refractivity contribution < 1.29 is 4.79 Å². The Morgan fingerprint density at radius 1 is 1.39 bits per heavy atom. The Morgan fingerprint density at radius 3 is 3.09 bits per heavy atom. The number of imidazole rings is 1. The van der Waals surface area contributed by atoms with Crippen molar-refractivity contribution in [3.63, 3.8) is 0 Å². The van der Waals surface area contributed by atoms with E-state index in [4.69, 9.17) is 5.73 Å². The van der Waals surface area contributed by atoms with Gasteiger partial charge in [0.1, 0.15) is 6.04 Å². The molecule has 23 heavy (non-hydrogen) atoms. The zero-order valence-corrected chi connectivity index (χ0v) is 13.6. The third-order valence-electron chi connectivity index (χ3n) is 4.32. The maximum absolute atomic E-state index is 12.9. The summed E-state index contributed by atoms with van der Waals surface area (Å²) < 4.78 is 1.94. The average Bonchev–Trinajstić information content (AvgIpc) is 3.15. The summed E-state index contributed by atoms with van der Waals surface area (Å²) in [4.78, 5) is 24.6. The predicted molar refractivity (Wildman–Crippen MR) is 90.1 cm³/mol. The van der Waals surface area contributed by atoms with Gasteiger partial charge in [-0.25, -0.2) is 9.97 Å². The van der Waals surface area contributed by atoms with E-state index < -0.39 is 0 Å².